The Kier molecular flexibility index (Phi) is 9.59. The topological polar surface area (TPSA) is 20.3 Å². The molecule has 0 spiro atoms. The molecule has 1 aliphatic heterocycles. The van der Waals surface area contributed by atoms with Crippen molar-refractivity contribution in [2.45, 2.75) is 38.0 Å². The maximum Gasteiger partial charge on any atom is 0.162 e. The Bertz CT molecular complexity index is 991. The first kappa shape index (κ1) is 24.6. The maximum absolute atomic E-state index is 13.0. The molecule has 3 heteroatoms. The number of halogens is 1. The fourth-order valence-corrected chi connectivity index (χ4v) is 4.62. The highest BCUT2D eigenvalue weighted by Crippen LogP contribution is 2.31. The van der Waals surface area contributed by atoms with Gasteiger partial charge in [0.05, 0.1) is 0 Å². The van der Waals surface area contributed by atoms with Crippen molar-refractivity contribution in [2.24, 2.45) is 0 Å². The van der Waals surface area contributed by atoms with Crippen molar-refractivity contribution in [3.05, 3.63) is 120 Å². The third kappa shape index (κ3) is 7.23. The summed E-state index contributed by atoms with van der Waals surface area (Å²) in [6.45, 7) is 9.11. The normalized spacial score (nSPS) is 14.3. The lowest BCUT2D eigenvalue weighted by Gasteiger charge is -2.33. The van der Waals surface area contributed by atoms with Crippen LogP contribution in [0.1, 0.15) is 58.6 Å². The van der Waals surface area contributed by atoms with Crippen LogP contribution in [0.4, 0.5) is 4.39 Å². The molecule has 0 aliphatic carbocycles. The minimum atomic E-state index is -0.301. The van der Waals surface area contributed by atoms with E-state index < -0.39 is 0 Å². The summed E-state index contributed by atoms with van der Waals surface area (Å²) in [7, 11) is 0. The average molecular weight is 444 g/mol. The van der Waals surface area contributed by atoms with Crippen molar-refractivity contribution < 1.29 is 9.18 Å². The van der Waals surface area contributed by atoms with Crippen molar-refractivity contribution in [2.75, 3.05) is 19.6 Å². The van der Waals surface area contributed by atoms with E-state index in [0.717, 1.165) is 45.3 Å². The Balaban J connectivity index is 0.00000149. The summed E-state index contributed by atoms with van der Waals surface area (Å²) in [5.41, 5.74) is 4.91. The number of rotatable bonds is 8. The molecule has 0 unspecified atom stereocenters. The van der Waals surface area contributed by atoms with Crippen LogP contribution < -0.4 is 0 Å². The lowest BCUT2D eigenvalue weighted by molar-refractivity contribution is 0.0972. The molecule has 1 fully saturated rings. The van der Waals surface area contributed by atoms with E-state index in [1.54, 1.807) is 12.1 Å². The number of Topliss-reactive ketones (excluding diaryl/α,β-unsaturated/α-hetero) is 1. The van der Waals surface area contributed by atoms with Gasteiger partial charge in [-0.3, -0.25) is 4.79 Å². The summed E-state index contributed by atoms with van der Waals surface area (Å²) in [6.07, 6.45) is 4.69. The van der Waals surface area contributed by atoms with Crippen LogP contribution >= 0.6 is 0 Å². The summed E-state index contributed by atoms with van der Waals surface area (Å²) in [4.78, 5) is 14.8. The van der Waals surface area contributed by atoms with Gasteiger partial charge >= 0.3 is 0 Å². The van der Waals surface area contributed by atoms with Crippen LogP contribution in [-0.4, -0.2) is 30.3 Å². The Hall–Kier alpha value is -3.04. The van der Waals surface area contributed by atoms with E-state index >= 15 is 0 Å². The molecule has 3 aromatic carbocycles. The highest BCUT2D eigenvalue weighted by molar-refractivity contribution is 5.95. The molecular formula is C30H34FNO. The molecule has 1 heterocycles. The second-order valence-corrected chi connectivity index (χ2v) is 8.51. The highest BCUT2D eigenvalue weighted by atomic mass is 19.1. The number of nitrogens with zero attached hydrogens (tertiary/aromatic N) is 1. The van der Waals surface area contributed by atoms with Gasteiger partial charge in [0.25, 0.3) is 0 Å². The van der Waals surface area contributed by atoms with E-state index in [-0.39, 0.29) is 11.6 Å². The molecule has 0 amide bonds. The fraction of sp³-hybridized carbons (Fsp3) is 0.300. The number of carbonyl (C=O) groups is 1. The lowest BCUT2D eigenvalue weighted by Crippen LogP contribution is -2.34. The van der Waals surface area contributed by atoms with Gasteiger partial charge in [-0.1, -0.05) is 54.6 Å². The lowest BCUT2D eigenvalue weighted by atomic mass is 9.85. The minimum absolute atomic E-state index is 0.102. The monoisotopic (exact) mass is 443 g/mol. The second kappa shape index (κ2) is 12.9. The molecule has 0 saturated carbocycles. The standard InChI is InChI=1S/C28H30FNO.C2H4/c29-26-14-12-24(13-15-26)28(31)11-6-18-30-19-16-23(17-20-30)27-10-5-4-9-25(27)21-22-7-2-1-3-8-22;1-2/h1-5,7-10,12-15,23H,6,11,16-21H2;1-2H2. The molecule has 33 heavy (non-hydrogen) atoms. The molecule has 0 atom stereocenters. The van der Waals surface area contributed by atoms with Gasteiger partial charge in [0, 0.05) is 12.0 Å². The van der Waals surface area contributed by atoms with E-state index in [1.165, 1.54) is 28.8 Å². The summed E-state index contributed by atoms with van der Waals surface area (Å²) in [5.74, 6) is 0.409. The van der Waals surface area contributed by atoms with Crippen LogP contribution in [0, 0.1) is 5.82 Å². The molecule has 0 radical (unpaired) electrons. The van der Waals surface area contributed by atoms with Crippen molar-refractivity contribution in [1.29, 1.82) is 0 Å². The van der Waals surface area contributed by atoms with Gasteiger partial charge < -0.3 is 4.90 Å². The Morgan fingerprint density at radius 1 is 0.879 bits per heavy atom. The van der Waals surface area contributed by atoms with Gasteiger partial charge in [-0.2, -0.15) is 0 Å². The van der Waals surface area contributed by atoms with E-state index in [2.05, 4.69) is 72.7 Å². The number of hydrogen-bond donors (Lipinski definition) is 0. The Morgan fingerprint density at radius 2 is 1.52 bits per heavy atom. The molecule has 172 valence electrons. The zero-order chi connectivity index (χ0) is 23.5. The second-order valence-electron chi connectivity index (χ2n) is 8.51. The van der Waals surface area contributed by atoms with Gasteiger partial charge in [0.2, 0.25) is 0 Å². The predicted octanol–water partition coefficient (Wildman–Crippen LogP) is 7.06. The first-order valence-electron chi connectivity index (χ1n) is 11.8. The van der Waals surface area contributed by atoms with E-state index in [9.17, 15) is 9.18 Å². The number of ketones is 1. The summed E-state index contributed by atoms with van der Waals surface area (Å²) < 4.78 is 13.0. The quantitative estimate of drug-likeness (QED) is 0.274. The van der Waals surface area contributed by atoms with Crippen LogP contribution in [0.5, 0.6) is 0 Å². The van der Waals surface area contributed by atoms with Crippen molar-refractivity contribution in [3.63, 3.8) is 0 Å². The summed E-state index contributed by atoms with van der Waals surface area (Å²) in [5, 5.41) is 0. The molecule has 0 bridgehead atoms. The number of hydrogen-bond acceptors (Lipinski definition) is 2. The van der Waals surface area contributed by atoms with Gasteiger partial charge in [-0.25, -0.2) is 4.39 Å². The molecule has 0 aromatic heterocycles. The van der Waals surface area contributed by atoms with Gasteiger partial charge in [-0.05, 0) is 92.2 Å². The first-order valence-corrected chi connectivity index (χ1v) is 11.8. The van der Waals surface area contributed by atoms with E-state index in [4.69, 9.17) is 0 Å². The predicted molar refractivity (Wildman–Crippen MR) is 135 cm³/mol. The first-order chi connectivity index (χ1) is 16.2. The number of likely N-dealkylation sites (tertiary alicyclic amines) is 1. The Morgan fingerprint density at radius 3 is 2.21 bits per heavy atom. The van der Waals surface area contributed by atoms with Crippen LogP contribution in [0.15, 0.2) is 92.0 Å². The van der Waals surface area contributed by atoms with E-state index in [1.807, 2.05) is 0 Å². The molecule has 0 N–H and O–H groups in total. The largest absolute Gasteiger partial charge is 0.303 e. The third-order valence-electron chi connectivity index (χ3n) is 6.36. The molecule has 2 nitrogen and oxygen atoms in total. The van der Waals surface area contributed by atoms with Gasteiger partial charge in [0.1, 0.15) is 5.82 Å². The Labute approximate surface area is 197 Å². The number of benzene rings is 3. The van der Waals surface area contributed by atoms with Crippen molar-refractivity contribution >= 4 is 5.78 Å². The van der Waals surface area contributed by atoms with Gasteiger partial charge in [0.15, 0.2) is 5.78 Å². The fourth-order valence-electron chi connectivity index (χ4n) is 4.62. The molecular weight excluding hydrogens is 409 g/mol. The summed E-state index contributed by atoms with van der Waals surface area (Å²) >= 11 is 0. The molecule has 3 aromatic rings. The maximum atomic E-state index is 13.0. The number of carbonyl (C=O) groups excluding carboxylic acids is 1. The average Bonchev–Trinajstić information content (AvgIpc) is 2.87. The van der Waals surface area contributed by atoms with Crippen LogP contribution in [0.25, 0.3) is 0 Å². The van der Waals surface area contributed by atoms with Crippen LogP contribution in [0.3, 0.4) is 0 Å². The minimum Gasteiger partial charge on any atom is -0.303 e. The zero-order valence-corrected chi connectivity index (χ0v) is 19.4. The highest BCUT2D eigenvalue weighted by Gasteiger charge is 2.22. The number of piperidine rings is 1. The summed E-state index contributed by atoms with van der Waals surface area (Å²) in [6, 6.07) is 25.4. The van der Waals surface area contributed by atoms with Gasteiger partial charge in [-0.15, -0.1) is 13.2 Å². The molecule has 1 aliphatic rings. The van der Waals surface area contributed by atoms with Crippen LogP contribution in [0.2, 0.25) is 0 Å². The van der Waals surface area contributed by atoms with Crippen molar-refractivity contribution in [3.8, 4) is 0 Å². The third-order valence-corrected chi connectivity index (χ3v) is 6.36. The molecule has 1 saturated heterocycles. The zero-order valence-electron chi connectivity index (χ0n) is 19.4. The van der Waals surface area contributed by atoms with E-state index in [0.29, 0.717) is 17.9 Å². The SMILES string of the molecule is C=C.O=C(CCCN1CCC(c2ccccc2Cc2ccccc2)CC1)c1ccc(F)cc1. The van der Waals surface area contributed by atoms with Crippen molar-refractivity contribution in [1.82, 2.24) is 4.90 Å². The van der Waals surface area contributed by atoms with Crippen LogP contribution in [-0.2, 0) is 6.42 Å². The smallest absolute Gasteiger partial charge is 0.162 e. The molecule has 4 rings (SSSR count).